The summed E-state index contributed by atoms with van der Waals surface area (Å²) in [6, 6.07) is 7.41. The average Bonchev–Trinajstić information content (AvgIpc) is 2.56. The van der Waals surface area contributed by atoms with Gasteiger partial charge < -0.3 is 26.0 Å². The summed E-state index contributed by atoms with van der Waals surface area (Å²) in [5.41, 5.74) is 0.882. The topological polar surface area (TPSA) is 102 Å². The van der Waals surface area contributed by atoms with E-state index in [1.807, 2.05) is 24.3 Å². The molecule has 1 fully saturated rings. The lowest BCUT2D eigenvalue weighted by Gasteiger charge is -2.37. The number of amides is 1. The molecule has 0 spiro atoms. The Hall–Kier alpha value is -1.06. The number of hydrogen-bond acceptors (Lipinski definition) is 4. The third kappa shape index (κ3) is 5.49. The van der Waals surface area contributed by atoms with Gasteiger partial charge in [-0.25, -0.2) is 4.79 Å². The maximum Gasteiger partial charge on any atom is 0.404 e. The standard InChI is InChI=1S/C17H25IN2O4/c18-15-6-1-2-8-17(15,24)11-20-13-5-3-4-12(10-13)14(21)7-9-19-16(22)23/h3-5,10,14-15,19-21,24H,1-2,6-9,11H2,(H,22,23). The normalized spacial score (nSPS) is 25.0. The Bertz CT molecular complexity index is 557. The van der Waals surface area contributed by atoms with Crippen molar-refractivity contribution in [2.24, 2.45) is 0 Å². The van der Waals surface area contributed by atoms with Gasteiger partial charge in [-0.1, -0.05) is 47.6 Å². The molecule has 7 heteroatoms. The minimum absolute atomic E-state index is 0.199. The number of anilines is 1. The lowest BCUT2D eigenvalue weighted by molar-refractivity contribution is 0.0281. The fourth-order valence-corrected chi connectivity index (χ4v) is 3.94. The molecule has 5 N–H and O–H groups in total. The molecule has 0 aromatic heterocycles. The van der Waals surface area contributed by atoms with Gasteiger partial charge in [0.25, 0.3) is 0 Å². The second-order valence-corrected chi connectivity index (χ2v) is 7.84. The summed E-state index contributed by atoms with van der Waals surface area (Å²) >= 11 is 2.33. The van der Waals surface area contributed by atoms with Crippen molar-refractivity contribution < 1.29 is 20.1 Å². The fraction of sp³-hybridized carbons (Fsp3) is 0.588. The van der Waals surface area contributed by atoms with Crippen LogP contribution in [0.15, 0.2) is 24.3 Å². The SMILES string of the molecule is O=C(O)NCCC(O)c1cccc(NCC2(O)CCCCC2I)c1. The molecule has 0 heterocycles. The Morgan fingerprint density at radius 2 is 2.21 bits per heavy atom. The summed E-state index contributed by atoms with van der Waals surface area (Å²) in [4.78, 5) is 10.4. The number of carboxylic acid groups (broad SMARTS) is 1. The number of aliphatic hydroxyl groups is 2. The van der Waals surface area contributed by atoms with Crippen LogP contribution in [0.25, 0.3) is 0 Å². The third-order valence-electron chi connectivity index (χ3n) is 4.46. The van der Waals surface area contributed by atoms with Crippen LogP contribution >= 0.6 is 22.6 Å². The molecule has 3 atom stereocenters. The highest BCUT2D eigenvalue weighted by Gasteiger charge is 2.36. The average molecular weight is 448 g/mol. The van der Waals surface area contributed by atoms with E-state index < -0.39 is 17.8 Å². The van der Waals surface area contributed by atoms with E-state index in [9.17, 15) is 15.0 Å². The molecule has 6 nitrogen and oxygen atoms in total. The molecule has 2 rings (SSSR count). The summed E-state index contributed by atoms with van der Waals surface area (Å²) in [7, 11) is 0. The van der Waals surface area contributed by atoms with Gasteiger partial charge in [0, 0.05) is 22.7 Å². The molecular weight excluding hydrogens is 423 g/mol. The van der Waals surface area contributed by atoms with E-state index in [4.69, 9.17) is 5.11 Å². The van der Waals surface area contributed by atoms with Crippen LogP contribution in [0.4, 0.5) is 10.5 Å². The van der Waals surface area contributed by atoms with Gasteiger partial charge in [-0.05, 0) is 37.0 Å². The molecule has 134 valence electrons. The second-order valence-electron chi connectivity index (χ2n) is 6.33. The first-order valence-corrected chi connectivity index (χ1v) is 9.50. The molecule has 1 aromatic carbocycles. The van der Waals surface area contributed by atoms with E-state index in [0.717, 1.165) is 30.5 Å². The number of rotatable bonds is 7. The minimum atomic E-state index is -1.09. The molecule has 0 bridgehead atoms. The number of nitrogens with one attached hydrogen (secondary N) is 2. The van der Waals surface area contributed by atoms with Crippen molar-refractivity contribution in [3.05, 3.63) is 29.8 Å². The smallest absolute Gasteiger partial charge is 0.404 e. The van der Waals surface area contributed by atoms with Crippen LogP contribution in [0, 0.1) is 0 Å². The van der Waals surface area contributed by atoms with E-state index >= 15 is 0 Å². The zero-order chi connectivity index (χ0) is 17.6. The zero-order valence-electron chi connectivity index (χ0n) is 13.5. The zero-order valence-corrected chi connectivity index (χ0v) is 15.7. The Morgan fingerprint density at radius 1 is 1.42 bits per heavy atom. The first-order valence-electron chi connectivity index (χ1n) is 8.26. The van der Waals surface area contributed by atoms with Crippen LogP contribution < -0.4 is 10.6 Å². The summed E-state index contributed by atoms with van der Waals surface area (Å²) in [6.07, 6.45) is 2.55. The summed E-state index contributed by atoms with van der Waals surface area (Å²) < 4.78 is 0.243. The van der Waals surface area contributed by atoms with Gasteiger partial charge >= 0.3 is 6.09 Å². The van der Waals surface area contributed by atoms with E-state index in [1.165, 1.54) is 6.42 Å². The Balaban J connectivity index is 1.91. The highest BCUT2D eigenvalue weighted by atomic mass is 127. The third-order valence-corrected chi connectivity index (χ3v) is 6.25. The van der Waals surface area contributed by atoms with Gasteiger partial charge in [-0.15, -0.1) is 0 Å². The quantitative estimate of drug-likeness (QED) is 0.326. The van der Waals surface area contributed by atoms with Gasteiger partial charge in [0.05, 0.1) is 11.7 Å². The van der Waals surface area contributed by atoms with Crippen LogP contribution in [0.3, 0.4) is 0 Å². The predicted octanol–water partition coefficient (Wildman–Crippen LogP) is 2.90. The molecule has 1 aliphatic rings. The summed E-state index contributed by atoms with van der Waals surface area (Å²) in [5.74, 6) is 0. The Labute approximate surface area is 155 Å². The van der Waals surface area contributed by atoms with Crippen molar-refractivity contribution >= 4 is 34.4 Å². The number of halogens is 1. The number of aliphatic hydroxyl groups excluding tert-OH is 1. The van der Waals surface area contributed by atoms with E-state index in [2.05, 4.69) is 33.2 Å². The predicted molar refractivity (Wildman–Crippen MR) is 102 cm³/mol. The first kappa shape index (κ1) is 19.3. The monoisotopic (exact) mass is 448 g/mol. The molecule has 24 heavy (non-hydrogen) atoms. The van der Waals surface area contributed by atoms with Gasteiger partial charge in [-0.3, -0.25) is 0 Å². The number of carbonyl (C=O) groups is 1. The van der Waals surface area contributed by atoms with Gasteiger partial charge in [0.1, 0.15) is 0 Å². The lowest BCUT2D eigenvalue weighted by atomic mass is 9.84. The minimum Gasteiger partial charge on any atom is -0.465 e. The molecule has 1 amide bonds. The highest BCUT2D eigenvalue weighted by Crippen LogP contribution is 2.34. The molecule has 1 aromatic rings. The van der Waals surface area contributed by atoms with E-state index in [-0.39, 0.29) is 10.5 Å². The number of alkyl halides is 1. The van der Waals surface area contributed by atoms with Crippen LogP contribution in [-0.2, 0) is 0 Å². The summed E-state index contributed by atoms with van der Waals surface area (Å²) in [5, 5.41) is 35.0. The molecule has 0 aliphatic heterocycles. The number of hydrogen-bond donors (Lipinski definition) is 5. The summed E-state index contributed by atoms with van der Waals surface area (Å²) in [6.45, 7) is 0.686. The van der Waals surface area contributed by atoms with Crippen molar-refractivity contribution in [2.75, 3.05) is 18.4 Å². The van der Waals surface area contributed by atoms with Crippen LogP contribution in [0.2, 0.25) is 0 Å². The maximum atomic E-state index is 10.8. The highest BCUT2D eigenvalue weighted by molar-refractivity contribution is 14.1. The van der Waals surface area contributed by atoms with Gasteiger partial charge in [-0.2, -0.15) is 0 Å². The lowest BCUT2D eigenvalue weighted by Crippen LogP contribution is -2.47. The molecule has 3 unspecified atom stereocenters. The van der Waals surface area contributed by atoms with Crippen molar-refractivity contribution in [1.82, 2.24) is 5.32 Å². The van der Waals surface area contributed by atoms with Crippen LogP contribution in [0.5, 0.6) is 0 Å². The number of benzene rings is 1. The van der Waals surface area contributed by atoms with Crippen molar-refractivity contribution in [3.8, 4) is 0 Å². The van der Waals surface area contributed by atoms with Crippen molar-refractivity contribution in [2.45, 2.75) is 47.7 Å². The molecule has 1 saturated carbocycles. The fourth-order valence-electron chi connectivity index (χ4n) is 2.97. The largest absolute Gasteiger partial charge is 0.465 e. The van der Waals surface area contributed by atoms with E-state index in [1.54, 1.807) is 0 Å². The van der Waals surface area contributed by atoms with Crippen molar-refractivity contribution in [3.63, 3.8) is 0 Å². The maximum absolute atomic E-state index is 10.8. The van der Waals surface area contributed by atoms with Gasteiger partial charge in [0.2, 0.25) is 0 Å². The Morgan fingerprint density at radius 3 is 2.92 bits per heavy atom. The molecule has 1 aliphatic carbocycles. The molecule has 0 saturated heterocycles. The molecule has 0 radical (unpaired) electrons. The van der Waals surface area contributed by atoms with Gasteiger partial charge in [0.15, 0.2) is 0 Å². The second kappa shape index (κ2) is 8.87. The first-order chi connectivity index (χ1) is 11.4. The van der Waals surface area contributed by atoms with Crippen molar-refractivity contribution in [1.29, 1.82) is 0 Å². The van der Waals surface area contributed by atoms with Crippen LogP contribution in [0.1, 0.15) is 43.8 Å². The molecular formula is C17H25IN2O4. The van der Waals surface area contributed by atoms with Crippen LogP contribution in [-0.4, -0.2) is 44.0 Å². The van der Waals surface area contributed by atoms with E-state index in [0.29, 0.717) is 13.0 Å². The Kier molecular flexibility index (Phi) is 7.12.